The molecule has 0 aliphatic heterocycles. The predicted octanol–water partition coefficient (Wildman–Crippen LogP) is 1.45. The number of carbonyl (C=O) groups is 1. The van der Waals surface area contributed by atoms with Crippen LogP contribution in [0.3, 0.4) is 0 Å². The van der Waals surface area contributed by atoms with Gasteiger partial charge in [-0.3, -0.25) is 4.79 Å². The maximum Gasteiger partial charge on any atom is 0.260 e. The van der Waals surface area contributed by atoms with Gasteiger partial charge in [-0.2, -0.15) is 5.26 Å². The number of hydrogen-bond acceptors (Lipinski definition) is 4. The van der Waals surface area contributed by atoms with E-state index in [-0.39, 0.29) is 12.5 Å². The van der Waals surface area contributed by atoms with Crippen molar-refractivity contribution >= 4 is 5.91 Å². The largest absolute Gasteiger partial charge is 0.497 e. The molecule has 1 amide bonds. The van der Waals surface area contributed by atoms with Gasteiger partial charge in [0.25, 0.3) is 5.91 Å². The molecule has 18 heavy (non-hydrogen) atoms. The Labute approximate surface area is 107 Å². The van der Waals surface area contributed by atoms with Crippen molar-refractivity contribution in [3.8, 4) is 17.6 Å². The summed E-state index contributed by atoms with van der Waals surface area (Å²) in [6.45, 7) is 0.367. The fourth-order valence-corrected chi connectivity index (χ4v) is 1.29. The highest BCUT2D eigenvalue weighted by Gasteiger charge is 2.09. The minimum atomic E-state index is -0.159. The number of carbonyl (C=O) groups excluding carboxylic acids is 1. The Morgan fingerprint density at radius 3 is 2.83 bits per heavy atom. The zero-order chi connectivity index (χ0) is 13.4. The van der Waals surface area contributed by atoms with Crippen LogP contribution >= 0.6 is 0 Å². The number of nitriles is 1. The number of nitrogens with zero attached hydrogens (tertiary/aromatic N) is 2. The van der Waals surface area contributed by atoms with Crippen molar-refractivity contribution in [2.24, 2.45) is 0 Å². The molecule has 0 heterocycles. The molecule has 5 heteroatoms. The van der Waals surface area contributed by atoms with Gasteiger partial charge in [0.1, 0.15) is 11.5 Å². The third-order valence-electron chi connectivity index (χ3n) is 2.39. The van der Waals surface area contributed by atoms with Crippen LogP contribution in [0.25, 0.3) is 0 Å². The van der Waals surface area contributed by atoms with E-state index in [1.54, 1.807) is 38.4 Å². The van der Waals surface area contributed by atoms with E-state index in [9.17, 15) is 4.79 Å². The highest BCUT2D eigenvalue weighted by atomic mass is 16.5. The fourth-order valence-electron chi connectivity index (χ4n) is 1.29. The fraction of sp³-hybridized carbons (Fsp3) is 0.385. The molecule has 5 nitrogen and oxygen atoms in total. The summed E-state index contributed by atoms with van der Waals surface area (Å²) in [7, 11) is 3.22. The van der Waals surface area contributed by atoms with E-state index in [0.29, 0.717) is 24.5 Å². The van der Waals surface area contributed by atoms with Crippen molar-refractivity contribution in [1.29, 1.82) is 5.26 Å². The van der Waals surface area contributed by atoms with Crippen molar-refractivity contribution in [2.45, 2.75) is 6.42 Å². The summed E-state index contributed by atoms with van der Waals surface area (Å²) in [5.74, 6) is 1.10. The summed E-state index contributed by atoms with van der Waals surface area (Å²) in [5, 5.41) is 8.43. The van der Waals surface area contributed by atoms with E-state index >= 15 is 0 Å². The van der Waals surface area contributed by atoms with Crippen LogP contribution in [0, 0.1) is 11.3 Å². The average molecular weight is 248 g/mol. The first-order valence-corrected chi connectivity index (χ1v) is 5.55. The van der Waals surface area contributed by atoms with Gasteiger partial charge in [-0.15, -0.1) is 0 Å². The molecule has 1 aromatic rings. The molecule has 0 aliphatic carbocycles. The lowest BCUT2D eigenvalue weighted by Gasteiger charge is -2.15. The van der Waals surface area contributed by atoms with E-state index in [1.165, 1.54) is 4.90 Å². The van der Waals surface area contributed by atoms with E-state index in [0.717, 1.165) is 0 Å². The quantitative estimate of drug-likeness (QED) is 0.764. The number of ether oxygens (including phenoxy) is 2. The Balaban J connectivity index is 2.44. The van der Waals surface area contributed by atoms with Gasteiger partial charge in [-0.1, -0.05) is 6.07 Å². The predicted molar refractivity (Wildman–Crippen MR) is 66.4 cm³/mol. The van der Waals surface area contributed by atoms with Crippen molar-refractivity contribution < 1.29 is 14.3 Å². The third-order valence-corrected chi connectivity index (χ3v) is 2.39. The number of amides is 1. The molecule has 1 rings (SSSR count). The third kappa shape index (κ3) is 4.34. The molecule has 0 radical (unpaired) electrons. The Bertz CT molecular complexity index is 440. The van der Waals surface area contributed by atoms with Crippen molar-refractivity contribution in [3.63, 3.8) is 0 Å². The standard InChI is InChI=1S/C13H16N2O3/c1-15(8-4-7-14)13(16)10-18-12-6-3-5-11(9-12)17-2/h3,5-6,9H,4,8,10H2,1-2H3. The maximum absolute atomic E-state index is 11.6. The molecule has 1 aromatic carbocycles. The summed E-state index contributed by atoms with van der Waals surface area (Å²) in [5.41, 5.74) is 0. The summed E-state index contributed by atoms with van der Waals surface area (Å²) >= 11 is 0. The maximum atomic E-state index is 11.6. The van der Waals surface area contributed by atoms with Crippen LogP contribution in [0.4, 0.5) is 0 Å². The SMILES string of the molecule is COc1cccc(OCC(=O)N(C)CCC#N)c1. The van der Waals surface area contributed by atoms with E-state index in [2.05, 4.69) is 0 Å². The van der Waals surface area contributed by atoms with Crippen molar-refractivity contribution in [1.82, 2.24) is 4.90 Å². The highest BCUT2D eigenvalue weighted by Crippen LogP contribution is 2.18. The van der Waals surface area contributed by atoms with Gasteiger partial charge in [-0.25, -0.2) is 0 Å². The summed E-state index contributed by atoms with van der Waals surface area (Å²) in [6.07, 6.45) is 0.321. The topological polar surface area (TPSA) is 62.6 Å². The molecule has 0 aromatic heterocycles. The van der Waals surface area contributed by atoms with Crippen molar-refractivity contribution in [3.05, 3.63) is 24.3 Å². The van der Waals surface area contributed by atoms with Crippen LogP contribution in [0.2, 0.25) is 0 Å². The van der Waals surface area contributed by atoms with E-state index in [1.807, 2.05) is 6.07 Å². The van der Waals surface area contributed by atoms with Gasteiger partial charge >= 0.3 is 0 Å². The minimum Gasteiger partial charge on any atom is -0.497 e. The zero-order valence-corrected chi connectivity index (χ0v) is 10.5. The molecule has 0 saturated heterocycles. The molecular weight excluding hydrogens is 232 g/mol. The molecule has 0 unspecified atom stereocenters. The molecular formula is C13H16N2O3. The first-order valence-electron chi connectivity index (χ1n) is 5.55. The van der Waals surface area contributed by atoms with Gasteiger partial charge in [-0.05, 0) is 12.1 Å². The number of hydrogen-bond donors (Lipinski definition) is 0. The van der Waals surface area contributed by atoms with Crippen LogP contribution in [0.15, 0.2) is 24.3 Å². The molecule has 0 N–H and O–H groups in total. The zero-order valence-electron chi connectivity index (χ0n) is 10.5. The Hall–Kier alpha value is -2.22. The van der Waals surface area contributed by atoms with Gasteiger partial charge < -0.3 is 14.4 Å². The Kier molecular flexibility index (Phi) is 5.52. The number of methoxy groups -OCH3 is 1. The summed E-state index contributed by atoms with van der Waals surface area (Å²) in [6, 6.07) is 9.05. The number of likely N-dealkylation sites (N-methyl/N-ethyl adjacent to an activating group) is 1. The minimum absolute atomic E-state index is 0.0465. The summed E-state index contributed by atoms with van der Waals surface area (Å²) in [4.78, 5) is 13.1. The molecule has 0 saturated carbocycles. The Morgan fingerprint density at radius 1 is 1.44 bits per heavy atom. The van der Waals surface area contributed by atoms with E-state index in [4.69, 9.17) is 14.7 Å². The van der Waals surface area contributed by atoms with Gasteiger partial charge in [0, 0.05) is 19.7 Å². The summed E-state index contributed by atoms with van der Waals surface area (Å²) < 4.78 is 10.4. The van der Waals surface area contributed by atoms with Crippen LogP contribution < -0.4 is 9.47 Å². The average Bonchev–Trinajstić information content (AvgIpc) is 2.42. The Morgan fingerprint density at radius 2 is 2.17 bits per heavy atom. The van der Waals surface area contributed by atoms with Crippen LogP contribution in [0.1, 0.15) is 6.42 Å². The lowest BCUT2D eigenvalue weighted by molar-refractivity contribution is -0.131. The van der Waals surface area contributed by atoms with Gasteiger partial charge in [0.2, 0.25) is 0 Å². The smallest absolute Gasteiger partial charge is 0.260 e. The lowest BCUT2D eigenvalue weighted by Crippen LogP contribution is -2.32. The van der Waals surface area contributed by atoms with Crippen LogP contribution in [-0.2, 0) is 4.79 Å². The molecule has 0 aliphatic rings. The normalized spacial score (nSPS) is 9.39. The first-order chi connectivity index (χ1) is 8.67. The molecule has 0 spiro atoms. The second kappa shape index (κ2) is 7.17. The molecule has 0 fully saturated rings. The van der Waals surface area contributed by atoms with Crippen LogP contribution in [0.5, 0.6) is 11.5 Å². The van der Waals surface area contributed by atoms with Crippen molar-refractivity contribution in [2.75, 3.05) is 27.3 Å². The van der Waals surface area contributed by atoms with E-state index < -0.39 is 0 Å². The second-order valence-corrected chi connectivity index (χ2v) is 3.69. The van der Waals surface area contributed by atoms with Gasteiger partial charge in [0.05, 0.1) is 19.6 Å². The molecule has 0 bridgehead atoms. The first kappa shape index (κ1) is 13.8. The number of benzene rings is 1. The molecule has 0 atom stereocenters. The van der Waals surface area contributed by atoms with Gasteiger partial charge in [0.15, 0.2) is 6.61 Å². The lowest BCUT2D eigenvalue weighted by atomic mass is 10.3. The number of rotatable bonds is 6. The highest BCUT2D eigenvalue weighted by molar-refractivity contribution is 5.77. The molecule has 96 valence electrons. The second-order valence-electron chi connectivity index (χ2n) is 3.69. The monoisotopic (exact) mass is 248 g/mol. The van der Waals surface area contributed by atoms with Crippen LogP contribution in [-0.4, -0.2) is 38.1 Å².